The molecule has 128 valence electrons. The summed E-state index contributed by atoms with van der Waals surface area (Å²) in [5.41, 5.74) is 0.636. The van der Waals surface area contributed by atoms with E-state index in [-0.39, 0.29) is 11.3 Å². The number of ether oxygens (including phenoxy) is 1. The highest BCUT2D eigenvalue weighted by Gasteiger charge is 2.42. The molecular formula is C17H21N3O3S. The molecule has 0 bridgehead atoms. The zero-order chi connectivity index (χ0) is 16.4. The third kappa shape index (κ3) is 3.24. The largest absolute Gasteiger partial charge is 0.472 e. The molecule has 1 amide bonds. The first-order chi connectivity index (χ1) is 11.7. The molecule has 0 N–H and O–H groups in total. The molecule has 2 aromatic heterocycles. The average molecular weight is 347 g/mol. The van der Waals surface area contributed by atoms with Crippen LogP contribution in [-0.2, 0) is 11.3 Å². The van der Waals surface area contributed by atoms with Crippen molar-refractivity contribution in [1.82, 2.24) is 14.8 Å². The monoisotopic (exact) mass is 347 g/mol. The highest BCUT2D eigenvalue weighted by atomic mass is 32.1. The molecule has 2 aliphatic rings. The number of furan rings is 1. The van der Waals surface area contributed by atoms with Gasteiger partial charge in [0, 0.05) is 36.6 Å². The summed E-state index contributed by atoms with van der Waals surface area (Å²) in [7, 11) is 0. The van der Waals surface area contributed by atoms with Gasteiger partial charge < -0.3 is 14.1 Å². The topological polar surface area (TPSA) is 58.8 Å². The van der Waals surface area contributed by atoms with Gasteiger partial charge in [-0.2, -0.15) is 0 Å². The average Bonchev–Trinajstić information content (AvgIpc) is 3.30. The van der Waals surface area contributed by atoms with E-state index >= 15 is 0 Å². The van der Waals surface area contributed by atoms with Crippen LogP contribution in [0.25, 0.3) is 0 Å². The van der Waals surface area contributed by atoms with E-state index in [0.717, 1.165) is 44.2 Å². The molecule has 2 fully saturated rings. The van der Waals surface area contributed by atoms with Crippen LogP contribution >= 0.6 is 11.3 Å². The Morgan fingerprint density at radius 1 is 1.38 bits per heavy atom. The smallest absolute Gasteiger partial charge is 0.257 e. The Morgan fingerprint density at radius 2 is 2.33 bits per heavy atom. The molecule has 1 atom stereocenters. The number of carbonyl (C=O) groups is 1. The van der Waals surface area contributed by atoms with Crippen molar-refractivity contribution in [2.45, 2.75) is 13.0 Å². The summed E-state index contributed by atoms with van der Waals surface area (Å²) in [4.78, 5) is 21.4. The van der Waals surface area contributed by atoms with E-state index in [9.17, 15) is 4.79 Å². The fraction of sp³-hybridized carbons (Fsp3) is 0.529. The van der Waals surface area contributed by atoms with Crippen LogP contribution in [0.5, 0.6) is 0 Å². The van der Waals surface area contributed by atoms with Gasteiger partial charge in [-0.25, -0.2) is 4.98 Å². The zero-order valence-corrected chi connectivity index (χ0v) is 14.3. The lowest BCUT2D eigenvalue weighted by Gasteiger charge is -2.31. The summed E-state index contributed by atoms with van der Waals surface area (Å²) in [5, 5.41) is 3.16. The number of rotatable bonds is 3. The minimum Gasteiger partial charge on any atom is -0.472 e. The zero-order valence-electron chi connectivity index (χ0n) is 13.5. The summed E-state index contributed by atoms with van der Waals surface area (Å²) in [6, 6.07) is 1.73. The minimum atomic E-state index is 0.0210. The first-order valence-electron chi connectivity index (χ1n) is 8.24. The molecule has 2 aromatic rings. The van der Waals surface area contributed by atoms with Crippen LogP contribution in [0.3, 0.4) is 0 Å². The third-order valence-electron chi connectivity index (χ3n) is 4.86. The van der Waals surface area contributed by atoms with Crippen LogP contribution in [0.2, 0.25) is 0 Å². The first kappa shape index (κ1) is 15.8. The van der Waals surface area contributed by atoms with Crippen molar-refractivity contribution < 1.29 is 13.9 Å². The Labute approximate surface area is 145 Å². The maximum absolute atomic E-state index is 12.7. The predicted octanol–water partition coefficient (Wildman–Crippen LogP) is 2.10. The maximum atomic E-state index is 12.7. The van der Waals surface area contributed by atoms with Crippen molar-refractivity contribution in [1.29, 1.82) is 0 Å². The molecule has 0 aromatic carbocycles. The number of thiazole rings is 1. The highest BCUT2D eigenvalue weighted by molar-refractivity contribution is 7.09. The molecular weight excluding hydrogens is 326 g/mol. The fourth-order valence-corrected chi connectivity index (χ4v) is 4.32. The van der Waals surface area contributed by atoms with Crippen molar-refractivity contribution in [3.05, 3.63) is 40.7 Å². The number of amides is 1. The summed E-state index contributed by atoms with van der Waals surface area (Å²) in [5.74, 6) is 0.0343. The summed E-state index contributed by atoms with van der Waals surface area (Å²) >= 11 is 1.69. The van der Waals surface area contributed by atoms with E-state index < -0.39 is 0 Å². The molecule has 0 radical (unpaired) electrons. The third-order valence-corrected chi connectivity index (χ3v) is 5.62. The Kier molecular flexibility index (Phi) is 4.39. The van der Waals surface area contributed by atoms with Crippen LogP contribution in [0.4, 0.5) is 0 Å². The first-order valence-corrected chi connectivity index (χ1v) is 9.12. The molecule has 1 spiro atoms. The maximum Gasteiger partial charge on any atom is 0.257 e. The van der Waals surface area contributed by atoms with Gasteiger partial charge in [-0.15, -0.1) is 11.3 Å². The van der Waals surface area contributed by atoms with Crippen molar-refractivity contribution >= 4 is 17.2 Å². The lowest BCUT2D eigenvalue weighted by molar-refractivity contribution is 0.0644. The fourth-order valence-electron chi connectivity index (χ4n) is 3.67. The minimum absolute atomic E-state index is 0.0210. The van der Waals surface area contributed by atoms with Gasteiger partial charge in [0.2, 0.25) is 0 Å². The van der Waals surface area contributed by atoms with Crippen LogP contribution in [0, 0.1) is 5.41 Å². The van der Waals surface area contributed by atoms with Crippen LogP contribution in [0.15, 0.2) is 34.6 Å². The van der Waals surface area contributed by atoms with Crippen molar-refractivity contribution in [2.75, 3.05) is 39.4 Å². The van der Waals surface area contributed by atoms with E-state index in [1.54, 1.807) is 23.7 Å². The van der Waals surface area contributed by atoms with Gasteiger partial charge in [-0.05, 0) is 19.0 Å². The quantitative estimate of drug-likeness (QED) is 0.851. The Morgan fingerprint density at radius 3 is 3.12 bits per heavy atom. The van der Waals surface area contributed by atoms with Gasteiger partial charge in [0.25, 0.3) is 5.91 Å². The molecule has 4 heterocycles. The van der Waals surface area contributed by atoms with E-state index in [4.69, 9.17) is 9.15 Å². The van der Waals surface area contributed by atoms with Gasteiger partial charge >= 0.3 is 0 Å². The second kappa shape index (κ2) is 6.66. The Balaban J connectivity index is 1.45. The predicted molar refractivity (Wildman–Crippen MR) is 89.9 cm³/mol. The van der Waals surface area contributed by atoms with E-state index in [1.807, 2.05) is 16.5 Å². The van der Waals surface area contributed by atoms with Gasteiger partial charge in [-0.1, -0.05) is 0 Å². The lowest BCUT2D eigenvalue weighted by atomic mass is 9.87. The van der Waals surface area contributed by atoms with Crippen LogP contribution < -0.4 is 0 Å². The van der Waals surface area contributed by atoms with Gasteiger partial charge in [0.15, 0.2) is 0 Å². The SMILES string of the molecule is O=C(c1ccoc1)N1CCOCC2(CCN(Cc3nccs3)C2)C1. The molecule has 0 aliphatic carbocycles. The molecule has 6 nitrogen and oxygen atoms in total. The molecule has 24 heavy (non-hydrogen) atoms. The highest BCUT2D eigenvalue weighted by Crippen LogP contribution is 2.34. The second-order valence-electron chi connectivity index (χ2n) is 6.68. The molecule has 7 heteroatoms. The summed E-state index contributed by atoms with van der Waals surface area (Å²) in [6.07, 6.45) is 5.96. The van der Waals surface area contributed by atoms with E-state index in [1.165, 1.54) is 6.26 Å². The normalized spacial score (nSPS) is 25.2. The molecule has 1 unspecified atom stereocenters. The molecule has 2 aliphatic heterocycles. The Bertz CT molecular complexity index is 673. The number of nitrogens with zero attached hydrogens (tertiary/aromatic N) is 3. The number of hydrogen-bond donors (Lipinski definition) is 0. The van der Waals surface area contributed by atoms with Gasteiger partial charge in [0.05, 0.1) is 31.6 Å². The number of likely N-dealkylation sites (tertiary alicyclic amines) is 1. The molecule has 2 saturated heterocycles. The van der Waals surface area contributed by atoms with Gasteiger partial charge in [-0.3, -0.25) is 9.69 Å². The van der Waals surface area contributed by atoms with Gasteiger partial charge in [0.1, 0.15) is 11.3 Å². The standard InChI is InChI=1S/C17H21N3O3S/c21-16(14-1-6-22-10-14)20-5-7-23-13-17(12-20)2-4-19(11-17)9-15-18-3-8-24-15/h1,3,6,8,10H,2,4-5,7,9,11-13H2. The van der Waals surface area contributed by atoms with Crippen LogP contribution in [-0.4, -0.2) is 60.1 Å². The van der Waals surface area contributed by atoms with Crippen molar-refractivity contribution in [2.24, 2.45) is 5.41 Å². The molecule has 4 rings (SSSR count). The number of hydrogen-bond acceptors (Lipinski definition) is 6. The Hall–Kier alpha value is -1.70. The van der Waals surface area contributed by atoms with Crippen molar-refractivity contribution in [3.8, 4) is 0 Å². The summed E-state index contributed by atoms with van der Waals surface area (Å²) in [6.45, 7) is 5.55. The number of aromatic nitrogens is 1. The number of carbonyl (C=O) groups excluding carboxylic acids is 1. The lowest BCUT2D eigenvalue weighted by Crippen LogP contribution is -2.43. The van der Waals surface area contributed by atoms with Crippen molar-refractivity contribution in [3.63, 3.8) is 0 Å². The van der Waals surface area contributed by atoms with E-state index in [0.29, 0.717) is 18.7 Å². The van der Waals surface area contributed by atoms with E-state index in [2.05, 4.69) is 9.88 Å². The molecule has 0 saturated carbocycles. The van der Waals surface area contributed by atoms with Crippen LogP contribution in [0.1, 0.15) is 21.8 Å². The second-order valence-corrected chi connectivity index (χ2v) is 7.66. The summed E-state index contributed by atoms with van der Waals surface area (Å²) < 4.78 is 10.9.